The van der Waals surface area contributed by atoms with Crippen LogP contribution in [0.5, 0.6) is 0 Å². The minimum absolute atomic E-state index is 0.0942. The highest BCUT2D eigenvalue weighted by Crippen LogP contribution is 2.27. The first-order chi connectivity index (χ1) is 12.1. The zero-order valence-corrected chi connectivity index (χ0v) is 15.2. The molecule has 0 radical (unpaired) electrons. The maximum atomic E-state index is 12.3. The third-order valence-electron chi connectivity index (χ3n) is 4.83. The number of amides is 1. The first-order valence-electron chi connectivity index (χ1n) is 9.19. The number of hydrogen-bond donors (Lipinski definition) is 1. The van der Waals surface area contributed by atoms with E-state index in [9.17, 15) is 4.79 Å². The number of aromatic nitrogens is 2. The molecule has 1 amide bonds. The molecule has 0 aliphatic carbocycles. The van der Waals surface area contributed by atoms with Crippen LogP contribution in [0.2, 0.25) is 0 Å². The third kappa shape index (κ3) is 4.69. The number of carbonyl (C=O) groups is 1. The number of nitrogens with zero attached hydrogens (tertiary/aromatic N) is 3. The summed E-state index contributed by atoms with van der Waals surface area (Å²) in [4.78, 5) is 19.1. The van der Waals surface area contributed by atoms with Gasteiger partial charge < -0.3 is 9.88 Å². The monoisotopic (exact) mass is 340 g/mol. The van der Waals surface area contributed by atoms with Crippen molar-refractivity contribution < 1.29 is 4.79 Å². The van der Waals surface area contributed by atoms with E-state index in [-0.39, 0.29) is 5.91 Å². The Balaban J connectivity index is 1.53. The van der Waals surface area contributed by atoms with Crippen LogP contribution >= 0.6 is 0 Å². The molecular weight excluding hydrogens is 312 g/mol. The SMILES string of the molecule is CC(C)n1ccnc1[C@H]1CCCN(CC(=O)NCc2ccccc2)C1. The maximum Gasteiger partial charge on any atom is 0.234 e. The van der Waals surface area contributed by atoms with Crippen LogP contribution in [0, 0.1) is 0 Å². The standard InChI is InChI=1S/C20H28N4O/c1-16(2)24-12-10-21-20(24)18-9-6-11-23(14-18)15-19(25)22-13-17-7-4-3-5-8-17/h3-5,7-8,10,12,16,18H,6,9,11,13-15H2,1-2H3,(H,22,25)/t18-/m0/s1. The van der Waals surface area contributed by atoms with Gasteiger partial charge in [-0.15, -0.1) is 0 Å². The molecule has 1 atom stereocenters. The normalized spacial score (nSPS) is 18.4. The molecule has 1 aliphatic heterocycles. The molecule has 0 unspecified atom stereocenters. The number of hydrogen-bond acceptors (Lipinski definition) is 3. The van der Waals surface area contributed by atoms with Gasteiger partial charge in [0.1, 0.15) is 5.82 Å². The Morgan fingerprint density at radius 2 is 2.12 bits per heavy atom. The van der Waals surface area contributed by atoms with Crippen LogP contribution in [0.1, 0.15) is 50.0 Å². The molecule has 1 aromatic heterocycles. The highest BCUT2D eigenvalue weighted by atomic mass is 16.2. The van der Waals surface area contributed by atoms with Crippen LogP contribution < -0.4 is 5.32 Å². The summed E-state index contributed by atoms with van der Waals surface area (Å²) in [6.07, 6.45) is 6.21. The van der Waals surface area contributed by atoms with Crippen molar-refractivity contribution in [1.29, 1.82) is 0 Å². The summed E-state index contributed by atoms with van der Waals surface area (Å²) in [6.45, 7) is 7.31. The molecule has 0 bridgehead atoms. The summed E-state index contributed by atoms with van der Waals surface area (Å²) in [6, 6.07) is 10.5. The molecule has 1 saturated heterocycles. The fraction of sp³-hybridized carbons (Fsp3) is 0.500. The Labute approximate surface area is 150 Å². The van der Waals surface area contributed by atoms with Gasteiger partial charge in [0.25, 0.3) is 0 Å². The molecule has 1 fully saturated rings. The van der Waals surface area contributed by atoms with Gasteiger partial charge in [-0.25, -0.2) is 4.98 Å². The summed E-state index contributed by atoms with van der Waals surface area (Å²) in [5.41, 5.74) is 1.13. The van der Waals surface area contributed by atoms with Crippen molar-refractivity contribution >= 4 is 5.91 Å². The number of rotatable bonds is 6. The van der Waals surface area contributed by atoms with E-state index in [1.807, 2.05) is 36.5 Å². The largest absolute Gasteiger partial charge is 0.351 e. The zero-order valence-electron chi connectivity index (χ0n) is 15.2. The minimum atomic E-state index is 0.0942. The van der Waals surface area contributed by atoms with Crippen molar-refractivity contribution in [2.75, 3.05) is 19.6 Å². The molecule has 134 valence electrons. The lowest BCUT2D eigenvalue weighted by Gasteiger charge is -2.32. The van der Waals surface area contributed by atoms with Crippen molar-refractivity contribution in [2.24, 2.45) is 0 Å². The average Bonchev–Trinajstić information content (AvgIpc) is 3.11. The lowest BCUT2D eigenvalue weighted by Crippen LogP contribution is -2.42. The molecule has 5 nitrogen and oxygen atoms in total. The molecule has 3 rings (SSSR count). The molecule has 1 aliphatic rings. The van der Waals surface area contributed by atoms with E-state index >= 15 is 0 Å². The predicted molar refractivity (Wildman–Crippen MR) is 99.3 cm³/mol. The quantitative estimate of drug-likeness (QED) is 0.879. The maximum absolute atomic E-state index is 12.3. The van der Waals surface area contributed by atoms with Gasteiger partial charge >= 0.3 is 0 Å². The molecule has 5 heteroatoms. The molecule has 2 aromatic rings. The van der Waals surface area contributed by atoms with Gasteiger partial charge in [0.05, 0.1) is 6.54 Å². The third-order valence-corrected chi connectivity index (χ3v) is 4.83. The van der Waals surface area contributed by atoms with Crippen molar-refractivity contribution in [3.05, 3.63) is 54.1 Å². The Morgan fingerprint density at radius 3 is 2.88 bits per heavy atom. The molecule has 1 aromatic carbocycles. The fourth-order valence-corrected chi connectivity index (χ4v) is 3.54. The van der Waals surface area contributed by atoms with Crippen LogP contribution in [0.3, 0.4) is 0 Å². The Kier molecular flexibility index (Phi) is 5.87. The number of nitrogens with one attached hydrogen (secondary N) is 1. The second kappa shape index (κ2) is 8.30. The van der Waals surface area contributed by atoms with Gasteiger partial charge in [0, 0.05) is 37.4 Å². The summed E-state index contributed by atoms with van der Waals surface area (Å²) in [7, 11) is 0. The number of imidazole rings is 1. The van der Waals surface area contributed by atoms with E-state index in [1.165, 1.54) is 0 Å². The van der Waals surface area contributed by atoms with E-state index in [0.717, 1.165) is 37.3 Å². The Bertz CT molecular complexity index is 680. The van der Waals surface area contributed by atoms with E-state index in [4.69, 9.17) is 0 Å². The van der Waals surface area contributed by atoms with Gasteiger partial charge in [-0.05, 0) is 38.8 Å². The minimum Gasteiger partial charge on any atom is -0.351 e. The second-order valence-corrected chi connectivity index (χ2v) is 7.12. The highest BCUT2D eigenvalue weighted by Gasteiger charge is 2.26. The van der Waals surface area contributed by atoms with Crippen molar-refractivity contribution in [3.63, 3.8) is 0 Å². The van der Waals surface area contributed by atoms with Crippen LogP contribution in [0.25, 0.3) is 0 Å². The number of likely N-dealkylation sites (tertiary alicyclic amines) is 1. The molecule has 2 heterocycles. The zero-order chi connectivity index (χ0) is 17.6. The summed E-state index contributed by atoms with van der Waals surface area (Å²) in [5.74, 6) is 1.66. The topological polar surface area (TPSA) is 50.2 Å². The first kappa shape index (κ1) is 17.7. The van der Waals surface area contributed by atoms with Crippen LogP contribution in [0.4, 0.5) is 0 Å². The molecular formula is C20H28N4O. The number of piperidine rings is 1. The lowest BCUT2D eigenvalue weighted by atomic mass is 9.97. The second-order valence-electron chi connectivity index (χ2n) is 7.12. The highest BCUT2D eigenvalue weighted by molar-refractivity contribution is 5.78. The van der Waals surface area contributed by atoms with Crippen molar-refractivity contribution in [1.82, 2.24) is 19.8 Å². The van der Waals surface area contributed by atoms with Gasteiger partial charge in [0.2, 0.25) is 5.91 Å². The summed E-state index contributed by atoms with van der Waals surface area (Å²) in [5, 5.41) is 3.02. The van der Waals surface area contributed by atoms with Crippen LogP contribution in [0.15, 0.2) is 42.7 Å². The van der Waals surface area contributed by atoms with Crippen LogP contribution in [-0.2, 0) is 11.3 Å². The van der Waals surface area contributed by atoms with Gasteiger partial charge in [-0.1, -0.05) is 30.3 Å². The molecule has 25 heavy (non-hydrogen) atoms. The van der Waals surface area contributed by atoms with E-state index in [0.29, 0.717) is 25.0 Å². The Morgan fingerprint density at radius 1 is 1.32 bits per heavy atom. The average molecular weight is 340 g/mol. The van der Waals surface area contributed by atoms with Crippen LogP contribution in [-0.4, -0.2) is 40.0 Å². The molecule has 0 spiro atoms. The van der Waals surface area contributed by atoms with Gasteiger partial charge in [0.15, 0.2) is 0 Å². The summed E-state index contributed by atoms with van der Waals surface area (Å²) < 4.78 is 2.25. The van der Waals surface area contributed by atoms with Gasteiger partial charge in [-0.3, -0.25) is 9.69 Å². The fourth-order valence-electron chi connectivity index (χ4n) is 3.54. The molecule has 1 N–H and O–H groups in total. The Hall–Kier alpha value is -2.14. The van der Waals surface area contributed by atoms with Crippen molar-refractivity contribution in [2.45, 2.75) is 45.2 Å². The summed E-state index contributed by atoms with van der Waals surface area (Å²) >= 11 is 0. The predicted octanol–water partition coefficient (Wildman–Crippen LogP) is 2.96. The number of carbonyl (C=O) groups excluding carboxylic acids is 1. The lowest BCUT2D eigenvalue weighted by molar-refractivity contribution is -0.122. The van der Waals surface area contributed by atoms with Crippen molar-refractivity contribution in [3.8, 4) is 0 Å². The van der Waals surface area contributed by atoms with E-state index in [2.05, 4.69) is 39.8 Å². The van der Waals surface area contributed by atoms with E-state index in [1.54, 1.807) is 0 Å². The first-order valence-corrected chi connectivity index (χ1v) is 9.19. The van der Waals surface area contributed by atoms with E-state index < -0.39 is 0 Å². The molecule has 0 saturated carbocycles. The smallest absolute Gasteiger partial charge is 0.234 e. The number of benzene rings is 1. The van der Waals surface area contributed by atoms with Gasteiger partial charge in [-0.2, -0.15) is 0 Å².